The molecule has 0 fully saturated rings. The summed E-state index contributed by atoms with van der Waals surface area (Å²) in [6.07, 6.45) is 11.4. The van der Waals surface area contributed by atoms with Gasteiger partial charge in [-0.25, -0.2) is 4.98 Å². The van der Waals surface area contributed by atoms with E-state index in [1.165, 1.54) is 5.56 Å². The van der Waals surface area contributed by atoms with Gasteiger partial charge in [-0.2, -0.15) is 0 Å². The minimum absolute atomic E-state index is 0.326. The fourth-order valence-corrected chi connectivity index (χ4v) is 2.26. The number of oxime groups is 1. The molecule has 0 aliphatic carbocycles. The molecule has 0 saturated carbocycles. The van der Waals surface area contributed by atoms with Crippen molar-refractivity contribution in [2.45, 2.75) is 40.5 Å². The van der Waals surface area contributed by atoms with E-state index in [1.54, 1.807) is 12.5 Å². The average molecular weight is 325 g/mol. The molecule has 4 nitrogen and oxygen atoms in total. The van der Waals surface area contributed by atoms with Crippen molar-refractivity contribution < 1.29 is 4.84 Å². The topological polar surface area (TPSA) is 39.4 Å². The van der Waals surface area contributed by atoms with Crippen molar-refractivity contribution in [2.75, 3.05) is 6.61 Å². The molecule has 1 heterocycles. The van der Waals surface area contributed by atoms with Crippen LogP contribution in [0.4, 0.5) is 0 Å². The van der Waals surface area contributed by atoms with Gasteiger partial charge in [-0.05, 0) is 42.9 Å². The summed E-state index contributed by atoms with van der Waals surface area (Å²) in [6.45, 7) is 9.22. The molecule has 0 atom stereocenters. The summed E-state index contributed by atoms with van der Waals surface area (Å²) in [6, 6.07) is 8.48. The zero-order valence-electron chi connectivity index (χ0n) is 15.1. The molecule has 1 aromatic heterocycles. The quantitative estimate of drug-likeness (QED) is 0.255. The molecule has 0 saturated heterocycles. The van der Waals surface area contributed by atoms with E-state index in [2.05, 4.69) is 55.2 Å². The summed E-state index contributed by atoms with van der Waals surface area (Å²) >= 11 is 0. The van der Waals surface area contributed by atoms with Crippen molar-refractivity contribution in [1.29, 1.82) is 0 Å². The largest absolute Gasteiger partial charge is 0.390 e. The van der Waals surface area contributed by atoms with E-state index < -0.39 is 0 Å². The van der Waals surface area contributed by atoms with Gasteiger partial charge in [0.25, 0.3) is 0 Å². The van der Waals surface area contributed by atoms with E-state index in [0.717, 1.165) is 24.2 Å². The third-order valence-corrected chi connectivity index (χ3v) is 3.66. The molecule has 2 rings (SSSR count). The van der Waals surface area contributed by atoms with E-state index in [4.69, 9.17) is 4.84 Å². The molecule has 24 heavy (non-hydrogen) atoms. The Morgan fingerprint density at radius 1 is 1.33 bits per heavy atom. The number of aromatic nitrogens is 2. The lowest BCUT2D eigenvalue weighted by Gasteiger charge is -2.18. The van der Waals surface area contributed by atoms with Gasteiger partial charge in [-0.15, -0.1) is 0 Å². The van der Waals surface area contributed by atoms with E-state index >= 15 is 0 Å². The Kier molecular flexibility index (Phi) is 6.36. The molecule has 0 N–H and O–H groups in total. The summed E-state index contributed by atoms with van der Waals surface area (Å²) in [5.41, 5.74) is 2.66. The number of benzene rings is 1. The van der Waals surface area contributed by atoms with Crippen LogP contribution in [0.25, 0.3) is 0 Å². The summed E-state index contributed by atoms with van der Waals surface area (Å²) in [4.78, 5) is 9.54. The number of hydrogen-bond acceptors (Lipinski definition) is 3. The minimum Gasteiger partial charge on any atom is -0.390 e. The van der Waals surface area contributed by atoms with E-state index in [9.17, 15) is 0 Å². The van der Waals surface area contributed by atoms with Gasteiger partial charge >= 0.3 is 0 Å². The first kappa shape index (κ1) is 18.0. The standard InChI is InChI=1S/C20H27N3O/c1-5-6-14-24-22-19(23-13-12-21-16-23)18-9-7-8-17(15-18)10-11-20(2,3)4/h5-9,12-13,15-16H,10-11,14H2,1-4H3. The van der Waals surface area contributed by atoms with E-state index in [0.29, 0.717) is 12.0 Å². The van der Waals surface area contributed by atoms with Crippen molar-refractivity contribution in [1.82, 2.24) is 9.55 Å². The van der Waals surface area contributed by atoms with Crippen LogP contribution in [-0.4, -0.2) is 22.0 Å². The molecule has 1 aromatic carbocycles. The molecule has 128 valence electrons. The van der Waals surface area contributed by atoms with Gasteiger partial charge in [0.1, 0.15) is 12.9 Å². The first-order valence-corrected chi connectivity index (χ1v) is 8.38. The Balaban J connectivity index is 2.23. The van der Waals surface area contributed by atoms with Gasteiger partial charge in [0.05, 0.1) is 0 Å². The highest BCUT2D eigenvalue weighted by molar-refractivity contribution is 6.00. The molecule has 4 heteroatoms. The molecule has 0 amide bonds. The fourth-order valence-electron chi connectivity index (χ4n) is 2.26. The van der Waals surface area contributed by atoms with Gasteiger partial charge in [0, 0.05) is 18.0 Å². The second kappa shape index (κ2) is 8.48. The molecule has 2 aromatic rings. The van der Waals surface area contributed by atoms with Crippen molar-refractivity contribution in [3.63, 3.8) is 0 Å². The molecule has 0 aliphatic rings. The molecule has 0 aliphatic heterocycles. The number of aryl methyl sites for hydroxylation is 1. The first-order chi connectivity index (χ1) is 11.5. The van der Waals surface area contributed by atoms with Crippen molar-refractivity contribution >= 4 is 5.84 Å². The maximum atomic E-state index is 5.42. The Morgan fingerprint density at radius 2 is 2.17 bits per heavy atom. The van der Waals surface area contributed by atoms with Crippen molar-refractivity contribution in [3.8, 4) is 0 Å². The highest BCUT2D eigenvalue weighted by Gasteiger charge is 2.12. The van der Waals surface area contributed by atoms with Crippen molar-refractivity contribution in [2.24, 2.45) is 10.6 Å². The van der Waals surface area contributed by atoms with Crippen LogP contribution in [0.3, 0.4) is 0 Å². The summed E-state index contributed by atoms with van der Waals surface area (Å²) < 4.78 is 1.87. The number of hydrogen-bond donors (Lipinski definition) is 0. The Hall–Kier alpha value is -2.36. The molecular weight excluding hydrogens is 298 g/mol. The predicted molar refractivity (Wildman–Crippen MR) is 99.1 cm³/mol. The third kappa shape index (κ3) is 5.69. The summed E-state index contributed by atoms with van der Waals surface area (Å²) in [7, 11) is 0. The minimum atomic E-state index is 0.326. The molecule has 0 unspecified atom stereocenters. The zero-order valence-corrected chi connectivity index (χ0v) is 15.1. The molecular formula is C20H27N3O. The second-order valence-electron chi connectivity index (χ2n) is 7.01. The fraction of sp³-hybridized carbons (Fsp3) is 0.400. The van der Waals surface area contributed by atoms with Gasteiger partial charge in [0.15, 0.2) is 5.84 Å². The summed E-state index contributed by atoms with van der Waals surface area (Å²) in [5, 5.41) is 4.31. The van der Waals surface area contributed by atoms with Gasteiger partial charge < -0.3 is 4.84 Å². The van der Waals surface area contributed by atoms with Gasteiger partial charge in [-0.3, -0.25) is 4.57 Å². The number of imidazole rings is 1. The Labute approximate surface area is 144 Å². The Morgan fingerprint density at radius 3 is 2.83 bits per heavy atom. The Bertz CT molecular complexity index is 679. The number of allylic oxidation sites excluding steroid dienone is 1. The van der Waals surface area contributed by atoms with Crippen LogP contribution in [0.2, 0.25) is 0 Å². The van der Waals surface area contributed by atoms with Crippen LogP contribution >= 0.6 is 0 Å². The molecule has 0 spiro atoms. The highest BCUT2D eigenvalue weighted by Crippen LogP contribution is 2.22. The number of nitrogens with zero attached hydrogens (tertiary/aromatic N) is 3. The van der Waals surface area contributed by atoms with Crippen LogP contribution in [-0.2, 0) is 11.3 Å². The SMILES string of the molecule is CC=CCON=C(c1cccc(CCC(C)(C)C)c1)n1ccnc1. The lowest BCUT2D eigenvalue weighted by Crippen LogP contribution is -2.13. The van der Waals surface area contributed by atoms with Crippen molar-refractivity contribution in [3.05, 3.63) is 66.3 Å². The monoisotopic (exact) mass is 325 g/mol. The molecule has 0 radical (unpaired) electrons. The lowest BCUT2D eigenvalue weighted by atomic mass is 9.88. The van der Waals surface area contributed by atoms with Gasteiger partial charge in [-0.1, -0.05) is 50.2 Å². The van der Waals surface area contributed by atoms with Crippen LogP contribution in [0.5, 0.6) is 0 Å². The summed E-state index contributed by atoms with van der Waals surface area (Å²) in [5.74, 6) is 0.745. The highest BCUT2D eigenvalue weighted by atomic mass is 16.6. The normalized spacial score (nSPS) is 12.8. The average Bonchev–Trinajstić information content (AvgIpc) is 3.07. The molecule has 0 bridgehead atoms. The lowest BCUT2D eigenvalue weighted by molar-refractivity contribution is 0.173. The van der Waals surface area contributed by atoms with Crippen LogP contribution in [0.1, 0.15) is 45.2 Å². The maximum Gasteiger partial charge on any atom is 0.184 e. The van der Waals surface area contributed by atoms with E-state index in [-0.39, 0.29) is 0 Å². The number of rotatable bonds is 6. The van der Waals surface area contributed by atoms with Gasteiger partial charge in [0.2, 0.25) is 0 Å². The van der Waals surface area contributed by atoms with Crippen LogP contribution < -0.4 is 0 Å². The predicted octanol–water partition coefficient (Wildman–Crippen LogP) is 4.66. The second-order valence-corrected chi connectivity index (χ2v) is 7.01. The van der Waals surface area contributed by atoms with E-state index in [1.807, 2.05) is 29.8 Å². The first-order valence-electron chi connectivity index (χ1n) is 8.38. The third-order valence-electron chi connectivity index (χ3n) is 3.66. The smallest absolute Gasteiger partial charge is 0.184 e. The van der Waals surface area contributed by atoms with Crippen LogP contribution in [0, 0.1) is 5.41 Å². The van der Waals surface area contributed by atoms with Crippen LogP contribution in [0.15, 0.2) is 60.3 Å². The zero-order chi connectivity index (χ0) is 17.4. The maximum absolute atomic E-state index is 5.42.